The number of aromatic nitrogens is 1. The van der Waals surface area contributed by atoms with Gasteiger partial charge in [0.1, 0.15) is 17.2 Å². The van der Waals surface area contributed by atoms with Gasteiger partial charge in [-0.05, 0) is 31.2 Å². The first-order chi connectivity index (χ1) is 10.9. The zero-order valence-electron chi connectivity index (χ0n) is 12.6. The first-order valence-corrected chi connectivity index (χ1v) is 6.95. The summed E-state index contributed by atoms with van der Waals surface area (Å²) in [6.45, 7) is 4.24. The first-order valence-electron chi connectivity index (χ1n) is 6.95. The number of nitroso groups, excluding NO2 is 1. The molecule has 0 bridgehead atoms. The third kappa shape index (κ3) is 2.70. The number of benzene rings is 1. The van der Waals surface area contributed by atoms with E-state index >= 15 is 0 Å². The van der Waals surface area contributed by atoms with Gasteiger partial charge in [0.25, 0.3) is 0 Å². The van der Waals surface area contributed by atoms with Crippen LogP contribution >= 0.6 is 0 Å². The van der Waals surface area contributed by atoms with Crippen molar-refractivity contribution in [1.29, 1.82) is 0 Å². The summed E-state index contributed by atoms with van der Waals surface area (Å²) >= 11 is 0. The van der Waals surface area contributed by atoms with Crippen LogP contribution in [-0.2, 0) is 0 Å². The molecule has 0 unspecified atom stereocenters. The summed E-state index contributed by atoms with van der Waals surface area (Å²) in [6, 6.07) is 8.04. The van der Waals surface area contributed by atoms with Crippen molar-refractivity contribution in [3.8, 4) is 5.75 Å². The molecule has 0 radical (unpaired) electrons. The molecule has 8 heteroatoms. The maximum Gasteiger partial charge on any atom is 0.300 e. The van der Waals surface area contributed by atoms with Crippen LogP contribution in [0.1, 0.15) is 13.8 Å². The van der Waals surface area contributed by atoms with Gasteiger partial charge in [0.15, 0.2) is 5.69 Å². The second-order valence-electron chi connectivity index (χ2n) is 5.79. The summed E-state index contributed by atoms with van der Waals surface area (Å²) in [4.78, 5) is 27.6. The lowest BCUT2D eigenvalue weighted by molar-refractivity contribution is -0.384. The Labute approximate surface area is 131 Å². The molecule has 0 fully saturated rings. The number of nitro benzene ring substituents is 1. The van der Waals surface area contributed by atoms with Gasteiger partial charge in [0.05, 0.1) is 17.2 Å². The van der Waals surface area contributed by atoms with Crippen molar-refractivity contribution in [2.45, 2.75) is 19.4 Å². The summed E-state index contributed by atoms with van der Waals surface area (Å²) < 4.78 is 5.86. The molecule has 0 spiro atoms. The summed E-state index contributed by atoms with van der Waals surface area (Å²) in [7, 11) is 0. The third-order valence-corrected chi connectivity index (χ3v) is 3.49. The average molecular weight is 314 g/mol. The van der Waals surface area contributed by atoms with Gasteiger partial charge in [-0.15, -0.1) is 4.91 Å². The first kappa shape index (κ1) is 14.9. The largest absolute Gasteiger partial charge is 0.484 e. The molecule has 2 aromatic rings. The molecule has 0 amide bonds. The topological polar surface area (TPSA) is 97.9 Å². The minimum absolute atomic E-state index is 0.257. The lowest BCUT2D eigenvalue weighted by atomic mass is 10.0. The van der Waals surface area contributed by atoms with Crippen molar-refractivity contribution >= 4 is 22.9 Å². The van der Waals surface area contributed by atoms with Crippen LogP contribution < -0.4 is 9.64 Å². The highest BCUT2D eigenvalue weighted by atomic mass is 16.6. The molecule has 23 heavy (non-hydrogen) atoms. The number of hydrogen-bond acceptors (Lipinski definition) is 7. The van der Waals surface area contributed by atoms with Crippen molar-refractivity contribution in [1.82, 2.24) is 4.98 Å². The van der Waals surface area contributed by atoms with E-state index in [0.717, 1.165) is 0 Å². The molecule has 8 nitrogen and oxygen atoms in total. The fourth-order valence-electron chi connectivity index (χ4n) is 2.57. The summed E-state index contributed by atoms with van der Waals surface area (Å²) in [5, 5.41) is 13.9. The standard InChI is InChI=1S/C15H14N4O4/c1-15(2)9-18(14-5-3-4-6-16-14)12-8-11(19(21)22)10(17-20)7-13(12)23-15/h3-8H,9H2,1-2H3. The van der Waals surface area contributed by atoms with Gasteiger partial charge in [-0.3, -0.25) is 10.1 Å². The fourth-order valence-corrected chi connectivity index (χ4v) is 2.57. The van der Waals surface area contributed by atoms with Gasteiger partial charge in [-0.25, -0.2) is 4.98 Å². The summed E-state index contributed by atoms with van der Waals surface area (Å²) in [6.07, 6.45) is 1.65. The number of ether oxygens (including phenoxy) is 1. The highest BCUT2D eigenvalue weighted by Gasteiger charge is 2.35. The molecule has 1 aromatic carbocycles. The minimum atomic E-state index is -0.632. The Morgan fingerprint density at radius 1 is 1.39 bits per heavy atom. The van der Waals surface area contributed by atoms with Crippen LogP contribution in [0.5, 0.6) is 5.75 Å². The predicted octanol–water partition coefficient (Wildman–Crippen LogP) is 3.70. The number of pyridine rings is 1. The number of anilines is 2. The average Bonchev–Trinajstić information content (AvgIpc) is 2.52. The molecule has 1 aliphatic heterocycles. The van der Waals surface area contributed by atoms with E-state index in [1.807, 2.05) is 30.9 Å². The SMILES string of the molecule is CC1(C)CN(c2ccccn2)c2cc([N+](=O)[O-])c(N=O)cc2O1. The van der Waals surface area contributed by atoms with Crippen molar-refractivity contribution in [2.75, 3.05) is 11.4 Å². The molecule has 0 atom stereocenters. The molecule has 0 aliphatic carbocycles. The summed E-state index contributed by atoms with van der Waals surface area (Å²) in [5.41, 5.74) is -0.682. The third-order valence-electron chi connectivity index (χ3n) is 3.49. The number of nitro groups is 1. The Kier molecular flexibility index (Phi) is 3.44. The maximum atomic E-state index is 11.2. The molecule has 0 saturated carbocycles. The molecule has 118 valence electrons. The number of fused-ring (bicyclic) bond motifs is 1. The van der Waals surface area contributed by atoms with Gasteiger partial charge in [-0.1, -0.05) is 6.07 Å². The van der Waals surface area contributed by atoms with Crippen LogP contribution in [-0.4, -0.2) is 22.1 Å². The second kappa shape index (κ2) is 5.31. The van der Waals surface area contributed by atoms with Crippen molar-refractivity contribution in [3.63, 3.8) is 0 Å². The van der Waals surface area contributed by atoms with E-state index in [2.05, 4.69) is 10.2 Å². The number of hydrogen-bond donors (Lipinski definition) is 0. The second-order valence-corrected chi connectivity index (χ2v) is 5.79. The molecule has 0 N–H and O–H groups in total. The highest BCUT2D eigenvalue weighted by molar-refractivity contribution is 5.77. The maximum absolute atomic E-state index is 11.2. The van der Waals surface area contributed by atoms with Crippen LogP contribution in [0.4, 0.5) is 22.9 Å². The lowest BCUT2D eigenvalue weighted by Gasteiger charge is -2.40. The molecular formula is C15H14N4O4. The van der Waals surface area contributed by atoms with E-state index in [9.17, 15) is 15.0 Å². The van der Waals surface area contributed by atoms with E-state index in [0.29, 0.717) is 23.8 Å². The normalized spacial score (nSPS) is 15.5. The van der Waals surface area contributed by atoms with Gasteiger partial charge >= 0.3 is 5.69 Å². The number of nitrogens with zero attached hydrogens (tertiary/aromatic N) is 4. The van der Waals surface area contributed by atoms with Crippen molar-refractivity contribution in [2.24, 2.45) is 5.18 Å². The van der Waals surface area contributed by atoms with Gasteiger partial charge in [0, 0.05) is 18.3 Å². The molecule has 2 heterocycles. The molecule has 0 saturated heterocycles. The monoisotopic (exact) mass is 314 g/mol. The zero-order chi connectivity index (χ0) is 16.6. The van der Waals surface area contributed by atoms with Crippen molar-refractivity contribution in [3.05, 3.63) is 51.6 Å². The van der Waals surface area contributed by atoms with Gasteiger partial charge in [0.2, 0.25) is 0 Å². The Bertz CT molecular complexity index is 777. The Balaban J connectivity index is 2.21. The van der Waals surface area contributed by atoms with Crippen LogP contribution in [0.15, 0.2) is 41.7 Å². The van der Waals surface area contributed by atoms with Crippen molar-refractivity contribution < 1.29 is 9.66 Å². The Morgan fingerprint density at radius 3 is 2.78 bits per heavy atom. The van der Waals surface area contributed by atoms with E-state index < -0.39 is 10.5 Å². The Hall–Kier alpha value is -3.03. The van der Waals surface area contributed by atoms with Gasteiger partial charge in [-0.2, -0.15) is 0 Å². The van der Waals surface area contributed by atoms with Crippen LogP contribution in [0.25, 0.3) is 0 Å². The van der Waals surface area contributed by atoms with Gasteiger partial charge < -0.3 is 9.64 Å². The van der Waals surface area contributed by atoms with Crippen LogP contribution in [0.3, 0.4) is 0 Å². The van der Waals surface area contributed by atoms with Crippen LogP contribution in [0, 0.1) is 15.0 Å². The van der Waals surface area contributed by atoms with E-state index in [4.69, 9.17) is 4.74 Å². The molecular weight excluding hydrogens is 300 g/mol. The molecule has 1 aliphatic rings. The smallest absolute Gasteiger partial charge is 0.300 e. The predicted molar refractivity (Wildman–Crippen MR) is 84.5 cm³/mol. The lowest BCUT2D eigenvalue weighted by Crippen LogP contribution is -2.45. The van der Waals surface area contributed by atoms with Crippen LogP contribution in [0.2, 0.25) is 0 Å². The minimum Gasteiger partial charge on any atom is -0.484 e. The molecule has 1 aromatic heterocycles. The Morgan fingerprint density at radius 2 is 2.17 bits per heavy atom. The van der Waals surface area contributed by atoms with E-state index in [1.165, 1.54) is 12.1 Å². The van der Waals surface area contributed by atoms with E-state index in [1.54, 1.807) is 12.3 Å². The fraction of sp³-hybridized carbons (Fsp3) is 0.267. The van der Waals surface area contributed by atoms with E-state index in [-0.39, 0.29) is 11.4 Å². The highest BCUT2D eigenvalue weighted by Crippen LogP contribution is 2.46. The summed E-state index contributed by atoms with van der Waals surface area (Å²) in [5.74, 6) is 1.01. The quantitative estimate of drug-likeness (QED) is 0.486. The number of rotatable bonds is 3. The molecule has 3 rings (SSSR count). The zero-order valence-corrected chi connectivity index (χ0v) is 12.6.